The molecule has 176 valence electrons. The maximum absolute atomic E-state index is 12.3. The predicted octanol–water partition coefficient (Wildman–Crippen LogP) is 3.92. The van der Waals surface area contributed by atoms with Gasteiger partial charge in [-0.05, 0) is 50.5 Å². The molecule has 4 atom stereocenters. The molecule has 0 aromatic heterocycles. The molecular formula is C24H38O7. The van der Waals surface area contributed by atoms with Crippen LogP contribution in [0.25, 0.3) is 0 Å². The van der Waals surface area contributed by atoms with Crippen LogP contribution in [0, 0.1) is 11.8 Å². The first-order chi connectivity index (χ1) is 14.8. The van der Waals surface area contributed by atoms with Crippen LogP contribution in [0.4, 0.5) is 0 Å². The van der Waals surface area contributed by atoms with Gasteiger partial charge in [0.2, 0.25) is 0 Å². The maximum Gasteiger partial charge on any atom is 0.311 e. The molecule has 1 aliphatic rings. The molecule has 1 saturated carbocycles. The zero-order valence-corrected chi connectivity index (χ0v) is 18.6. The molecule has 3 N–H and O–H groups in total. The molecule has 0 aromatic carbocycles. The molecule has 1 rings (SSSR count). The van der Waals surface area contributed by atoms with E-state index in [0.717, 1.165) is 38.5 Å². The second-order valence-electron chi connectivity index (χ2n) is 8.31. The van der Waals surface area contributed by atoms with E-state index in [1.807, 2.05) is 6.08 Å². The Morgan fingerprint density at radius 1 is 1.13 bits per heavy atom. The van der Waals surface area contributed by atoms with Crippen molar-refractivity contribution in [1.82, 2.24) is 0 Å². The van der Waals surface area contributed by atoms with Gasteiger partial charge in [-0.15, -0.1) is 0 Å². The number of aliphatic hydroxyl groups excluding tert-OH is 2. The van der Waals surface area contributed by atoms with Gasteiger partial charge in [0.05, 0.1) is 31.3 Å². The minimum absolute atomic E-state index is 0.0672. The van der Waals surface area contributed by atoms with Gasteiger partial charge in [-0.25, -0.2) is 0 Å². The van der Waals surface area contributed by atoms with Gasteiger partial charge in [-0.3, -0.25) is 14.4 Å². The Morgan fingerprint density at radius 3 is 2.61 bits per heavy atom. The molecule has 0 amide bonds. The lowest BCUT2D eigenvalue weighted by Gasteiger charge is -2.22. The van der Waals surface area contributed by atoms with Crippen molar-refractivity contribution in [3.63, 3.8) is 0 Å². The van der Waals surface area contributed by atoms with Crippen LogP contribution in [0.15, 0.2) is 24.5 Å². The number of Topliss-reactive ketones (excluding diaryl/α,β-unsaturated/α-hetero) is 1. The largest absolute Gasteiger partial charge is 0.481 e. The number of rotatable bonds is 16. The third-order valence-electron chi connectivity index (χ3n) is 5.76. The summed E-state index contributed by atoms with van der Waals surface area (Å²) in [5.41, 5.74) is 0. The first-order valence-corrected chi connectivity index (χ1v) is 11.5. The van der Waals surface area contributed by atoms with Gasteiger partial charge in [0, 0.05) is 12.3 Å². The number of unbranched alkanes of at least 4 members (excludes halogenated alkanes) is 3. The van der Waals surface area contributed by atoms with Gasteiger partial charge >= 0.3 is 11.9 Å². The Kier molecular flexibility index (Phi) is 13.7. The van der Waals surface area contributed by atoms with Crippen LogP contribution >= 0.6 is 0 Å². The molecule has 0 saturated heterocycles. The summed E-state index contributed by atoms with van der Waals surface area (Å²) >= 11 is 0. The summed E-state index contributed by atoms with van der Waals surface area (Å²) in [6.45, 7) is 2.13. The molecule has 1 fully saturated rings. The highest BCUT2D eigenvalue weighted by Crippen LogP contribution is 2.36. The standard InChI is InChI=1S/C24H38O7/c1-2-3-7-10-18(25)12-13-20-19(21(26)17-22(20)27)11-8-5-4-6-9-16-31-24(30)15-14-23(28)29/h4,6,9,16,18-20,22,25,27H,2-3,5,7-8,10-15,17H2,1H3,(H,28,29)/b6-4+,16-9+/t18-,19+,20+,22+/m0/s1. The molecule has 31 heavy (non-hydrogen) atoms. The molecule has 0 aliphatic heterocycles. The SMILES string of the molecule is CCCCC[C@H](O)CC[C@H]1[C@H](O)CC(=O)[C@@H]1CCC/C=C/C=C/OC(=O)CCC(=O)O. The highest BCUT2D eigenvalue weighted by Gasteiger charge is 2.40. The van der Waals surface area contributed by atoms with E-state index in [1.165, 1.54) is 6.26 Å². The van der Waals surface area contributed by atoms with E-state index in [9.17, 15) is 24.6 Å². The number of carboxylic acids is 1. The van der Waals surface area contributed by atoms with Gasteiger partial charge in [-0.1, -0.05) is 38.3 Å². The molecule has 0 spiro atoms. The number of hydrogen-bond donors (Lipinski definition) is 3. The van der Waals surface area contributed by atoms with Gasteiger partial charge in [-0.2, -0.15) is 0 Å². The van der Waals surface area contributed by atoms with Crippen molar-refractivity contribution in [2.24, 2.45) is 11.8 Å². The van der Waals surface area contributed by atoms with Crippen molar-refractivity contribution in [1.29, 1.82) is 0 Å². The average Bonchev–Trinajstić information content (AvgIpc) is 2.99. The summed E-state index contributed by atoms with van der Waals surface area (Å²) in [6.07, 6.45) is 12.9. The molecule has 0 radical (unpaired) electrons. The maximum atomic E-state index is 12.3. The van der Waals surface area contributed by atoms with Crippen LogP contribution in [0.2, 0.25) is 0 Å². The normalized spacial score (nSPS) is 22.4. The minimum atomic E-state index is -1.04. The molecule has 7 nitrogen and oxygen atoms in total. The van der Waals surface area contributed by atoms with Crippen LogP contribution in [-0.2, 0) is 19.1 Å². The lowest BCUT2D eigenvalue weighted by Crippen LogP contribution is -2.22. The summed E-state index contributed by atoms with van der Waals surface area (Å²) in [4.78, 5) is 33.9. The second kappa shape index (κ2) is 15.8. The fourth-order valence-electron chi connectivity index (χ4n) is 4.00. The van der Waals surface area contributed by atoms with E-state index in [2.05, 4.69) is 6.92 Å². The molecule has 0 aromatic rings. The smallest absolute Gasteiger partial charge is 0.311 e. The Balaban J connectivity index is 2.29. The Morgan fingerprint density at radius 2 is 1.90 bits per heavy atom. The van der Waals surface area contributed by atoms with Crippen LogP contribution in [0.1, 0.15) is 84.0 Å². The van der Waals surface area contributed by atoms with Crippen molar-refractivity contribution in [3.8, 4) is 0 Å². The van der Waals surface area contributed by atoms with Crippen molar-refractivity contribution < 1.29 is 34.4 Å². The lowest BCUT2D eigenvalue weighted by atomic mass is 9.85. The average molecular weight is 439 g/mol. The number of ketones is 1. The molecule has 7 heteroatoms. The number of aliphatic carboxylic acids is 1. The van der Waals surface area contributed by atoms with Crippen molar-refractivity contribution in [2.45, 2.75) is 96.2 Å². The van der Waals surface area contributed by atoms with E-state index < -0.39 is 18.0 Å². The first kappa shape index (κ1) is 27.0. The van der Waals surface area contributed by atoms with E-state index in [-0.39, 0.29) is 43.0 Å². The van der Waals surface area contributed by atoms with Crippen LogP contribution in [0.3, 0.4) is 0 Å². The first-order valence-electron chi connectivity index (χ1n) is 11.5. The van der Waals surface area contributed by atoms with Crippen LogP contribution in [0.5, 0.6) is 0 Å². The molecule has 0 heterocycles. The summed E-state index contributed by atoms with van der Waals surface area (Å²) in [5.74, 6) is -1.72. The fraction of sp³-hybridized carbons (Fsp3) is 0.708. The number of aliphatic hydroxyl groups is 2. The van der Waals surface area contributed by atoms with Gasteiger partial charge in [0.1, 0.15) is 5.78 Å². The zero-order valence-electron chi connectivity index (χ0n) is 18.6. The number of carbonyl (C=O) groups is 3. The van der Waals surface area contributed by atoms with Crippen molar-refractivity contribution in [2.75, 3.05) is 0 Å². The highest BCUT2D eigenvalue weighted by atomic mass is 16.5. The van der Waals surface area contributed by atoms with Gasteiger partial charge in [0.25, 0.3) is 0 Å². The van der Waals surface area contributed by atoms with E-state index >= 15 is 0 Å². The molecule has 0 bridgehead atoms. The number of carbonyl (C=O) groups excluding carboxylic acids is 2. The third kappa shape index (κ3) is 11.8. The summed E-state index contributed by atoms with van der Waals surface area (Å²) < 4.78 is 4.77. The number of ether oxygens (including phenoxy) is 1. The number of hydrogen-bond acceptors (Lipinski definition) is 6. The van der Waals surface area contributed by atoms with Crippen molar-refractivity contribution >= 4 is 17.7 Å². The number of carboxylic acid groups (broad SMARTS) is 1. The fourth-order valence-corrected chi connectivity index (χ4v) is 4.00. The van der Waals surface area contributed by atoms with E-state index in [0.29, 0.717) is 19.3 Å². The van der Waals surface area contributed by atoms with Gasteiger partial charge < -0.3 is 20.1 Å². The van der Waals surface area contributed by atoms with Crippen molar-refractivity contribution in [3.05, 3.63) is 24.5 Å². The van der Waals surface area contributed by atoms with Crippen LogP contribution in [-0.4, -0.2) is 45.2 Å². The summed E-state index contributed by atoms with van der Waals surface area (Å²) in [6, 6.07) is 0. The third-order valence-corrected chi connectivity index (χ3v) is 5.76. The van der Waals surface area contributed by atoms with Gasteiger partial charge in [0.15, 0.2) is 0 Å². The second-order valence-corrected chi connectivity index (χ2v) is 8.31. The lowest BCUT2D eigenvalue weighted by molar-refractivity contribution is -0.144. The number of allylic oxidation sites excluding steroid dienone is 3. The Labute approximate surface area is 185 Å². The van der Waals surface area contributed by atoms with Crippen LogP contribution < -0.4 is 0 Å². The zero-order chi connectivity index (χ0) is 23.1. The Hall–Kier alpha value is -1.99. The molecule has 0 unspecified atom stereocenters. The molecule has 1 aliphatic carbocycles. The Bertz CT molecular complexity index is 611. The quantitative estimate of drug-likeness (QED) is 0.144. The summed E-state index contributed by atoms with van der Waals surface area (Å²) in [5, 5.41) is 28.9. The minimum Gasteiger partial charge on any atom is -0.481 e. The van der Waals surface area contributed by atoms with E-state index in [1.54, 1.807) is 12.2 Å². The van der Waals surface area contributed by atoms with E-state index in [4.69, 9.17) is 9.84 Å². The monoisotopic (exact) mass is 438 g/mol. The summed E-state index contributed by atoms with van der Waals surface area (Å²) in [7, 11) is 0. The highest BCUT2D eigenvalue weighted by molar-refractivity contribution is 5.84. The topological polar surface area (TPSA) is 121 Å². The predicted molar refractivity (Wildman–Crippen MR) is 117 cm³/mol. The molecular weight excluding hydrogens is 400 g/mol. The number of esters is 1.